The molecule has 3 heteroatoms. The van der Waals surface area contributed by atoms with Crippen LogP contribution in [0, 0.1) is 0 Å². The molecule has 1 fully saturated rings. The van der Waals surface area contributed by atoms with E-state index in [1.54, 1.807) is 14.2 Å². The first-order chi connectivity index (χ1) is 7.76. The standard InChI is InChI=1S/C13H18O3/c1-15-11-4-3-5-12(16-2)13(11)9-6-7-10(14)8-9/h3-5,9-10,14H,6-8H2,1-2H3. The van der Waals surface area contributed by atoms with Crippen molar-refractivity contribution in [2.45, 2.75) is 31.3 Å². The van der Waals surface area contributed by atoms with Crippen LogP contribution in [-0.4, -0.2) is 25.4 Å². The first kappa shape index (κ1) is 11.3. The fourth-order valence-electron chi connectivity index (χ4n) is 2.50. The molecule has 2 atom stereocenters. The molecule has 1 aromatic carbocycles. The highest BCUT2D eigenvalue weighted by Crippen LogP contribution is 2.43. The van der Waals surface area contributed by atoms with Crippen LogP contribution in [0.3, 0.4) is 0 Å². The van der Waals surface area contributed by atoms with Crippen molar-refractivity contribution in [2.75, 3.05) is 14.2 Å². The van der Waals surface area contributed by atoms with E-state index in [1.807, 2.05) is 18.2 Å². The first-order valence-corrected chi connectivity index (χ1v) is 5.65. The lowest BCUT2D eigenvalue weighted by atomic mass is 9.95. The van der Waals surface area contributed by atoms with Gasteiger partial charge in [0.1, 0.15) is 11.5 Å². The second-order valence-electron chi connectivity index (χ2n) is 4.24. The van der Waals surface area contributed by atoms with E-state index >= 15 is 0 Å². The maximum absolute atomic E-state index is 9.61. The maximum Gasteiger partial charge on any atom is 0.126 e. The van der Waals surface area contributed by atoms with Gasteiger partial charge in [0.2, 0.25) is 0 Å². The molecule has 2 unspecified atom stereocenters. The molecule has 1 N–H and O–H groups in total. The normalized spacial score (nSPS) is 24.4. The van der Waals surface area contributed by atoms with E-state index < -0.39 is 0 Å². The van der Waals surface area contributed by atoms with Gasteiger partial charge in [0.05, 0.1) is 20.3 Å². The third kappa shape index (κ3) is 2.00. The molecule has 1 aliphatic carbocycles. The van der Waals surface area contributed by atoms with Crippen LogP contribution >= 0.6 is 0 Å². The van der Waals surface area contributed by atoms with Gasteiger partial charge < -0.3 is 14.6 Å². The number of rotatable bonds is 3. The average molecular weight is 222 g/mol. The number of ether oxygens (including phenoxy) is 2. The molecular formula is C13H18O3. The van der Waals surface area contributed by atoms with Crippen molar-refractivity contribution in [3.8, 4) is 11.5 Å². The number of aliphatic hydroxyl groups excluding tert-OH is 1. The summed E-state index contributed by atoms with van der Waals surface area (Å²) in [4.78, 5) is 0. The predicted octanol–water partition coefficient (Wildman–Crippen LogP) is 2.33. The number of hydrogen-bond donors (Lipinski definition) is 1. The third-order valence-electron chi connectivity index (χ3n) is 3.28. The van der Waals surface area contributed by atoms with Crippen LogP contribution in [0.25, 0.3) is 0 Å². The first-order valence-electron chi connectivity index (χ1n) is 5.65. The molecule has 88 valence electrons. The molecule has 1 aliphatic rings. The van der Waals surface area contributed by atoms with Gasteiger partial charge in [-0.2, -0.15) is 0 Å². The number of methoxy groups -OCH3 is 2. The Morgan fingerprint density at radius 3 is 2.19 bits per heavy atom. The lowest BCUT2D eigenvalue weighted by Crippen LogP contribution is -2.03. The third-order valence-corrected chi connectivity index (χ3v) is 3.28. The Morgan fingerprint density at radius 1 is 1.12 bits per heavy atom. The summed E-state index contributed by atoms with van der Waals surface area (Å²) in [7, 11) is 3.34. The molecule has 1 saturated carbocycles. The lowest BCUT2D eigenvalue weighted by Gasteiger charge is -2.17. The van der Waals surface area contributed by atoms with E-state index in [9.17, 15) is 5.11 Å². The van der Waals surface area contributed by atoms with Gasteiger partial charge in [0.15, 0.2) is 0 Å². The Balaban J connectivity index is 2.36. The second kappa shape index (κ2) is 4.74. The van der Waals surface area contributed by atoms with Crippen molar-refractivity contribution in [1.82, 2.24) is 0 Å². The summed E-state index contributed by atoms with van der Waals surface area (Å²) < 4.78 is 10.7. The summed E-state index contributed by atoms with van der Waals surface area (Å²) in [6.07, 6.45) is 2.49. The molecule has 0 amide bonds. The van der Waals surface area contributed by atoms with Crippen LogP contribution in [0.1, 0.15) is 30.7 Å². The minimum atomic E-state index is -0.181. The van der Waals surface area contributed by atoms with Gasteiger partial charge >= 0.3 is 0 Å². The van der Waals surface area contributed by atoms with Crippen molar-refractivity contribution >= 4 is 0 Å². The van der Waals surface area contributed by atoms with Gasteiger partial charge in [-0.3, -0.25) is 0 Å². The van der Waals surface area contributed by atoms with Crippen LogP contribution in [0.5, 0.6) is 11.5 Å². The maximum atomic E-state index is 9.61. The molecule has 0 heterocycles. The molecule has 0 spiro atoms. The smallest absolute Gasteiger partial charge is 0.126 e. The van der Waals surface area contributed by atoms with Gasteiger partial charge in [0.25, 0.3) is 0 Å². The molecule has 0 bridgehead atoms. The lowest BCUT2D eigenvalue weighted by molar-refractivity contribution is 0.181. The minimum absolute atomic E-state index is 0.181. The zero-order valence-electron chi connectivity index (χ0n) is 9.77. The Labute approximate surface area is 96.0 Å². The van der Waals surface area contributed by atoms with E-state index in [-0.39, 0.29) is 6.10 Å². The summed E-state index contributed by atoms with van der Waals surface area (Å²) >= 11 is 0. The van der Waals surface area contributed by atoms with Crippen LogP contribution in [0.15, 0.2) is 18.2 Å². The summed E-state index contributed by atoms with van der Waals surface area (Å²) in [5, 5.41) is 9.61. The summed E-state index contributed by atoms with van der Waals surface area (Å²) in [6, 6.07) is 5.82. The monoisotopic (exact) mass is 222 g/mol. The topological polar surface area (TPSA) is 38.7 Å². The molecule has 0 radical (unpaired) electrons. The number of hydrogen-bond acceptors (Lipinski definition) is 3. The van der Waals surface area contributed by atoms with Gasteiger partial charge in [-0.25, -0.2) is 0 Å². The molecule has 0 aromatic heterocycles. The molecule has 0 saturated heterocycles. The highest BCUT2D eigenvalue weighted by molar-refractivity contribution is 5.47. The number of benzene rings is 1. The Bertz CT molecular complexity index is 340. The van der Waals surface area contributed by atoms with E-state index in [4.69, 9.17) is 9.47 Å². The highest BCUT2D eigenvalue weighted by Gasteiger charge is 2.28. The molecular weight excluding hydrogens is 204 g/mol. The van der Waals surface area contributed by atoms with Gasteiger partial charge in [-0.15, -0.1) is 0 Å². The molecule has 16 heavy (non-hydrogen) atoms. The fraction of sp³-hybridized carbons (Fsp3) is 0.538. The van der Waals surface area contributed by atoms with Crippen molar-refractivity contribution < 1.29 is 14.6 Å². The molecule has 3 nitrogen and oxygen atoms in total. The molecule has 2 rings (SSSR count). The van der Waals surface area contributed by atoms with E-state index in [0.29, 0.717) is 5.92 Å². The van der Waals surface area contributed by atoms with Gasteiger partial charge in [0, 0.05) is 5.56 Å². The second-order valence-corrected chi connectivity index (χ2v) is 4.24. The average Bonchev–Trinajstić information content (AvgIpc) is 2.74. The zero-order valence-corrected chi connectivity index (χ0v) is 9.77. The summed E-state index contributed by atoms with van der Waals surface area (Å²) in [5.41, 5.74) is 1.10. The Morgan fingerprint density at radius 2 is 1.75 bits per heavy atom. The fourth-order valence-corrected chi connectivity index (χ4v) is 2.50. The highest BCUT2D eigenvalue weighted by atomic mass is 16.5. The van der Waals surface area contributed by atoms with Crippen LogP contribution in [0.4, 0.5) is 0 Å². The van der Waals surface area contributed by atoms with E-state index in [0.717, 1.165) is 36.3 Å². The van der Waals surface area contributed by atoms with Crippen LogP contribution < -0.4 is 9.47 Å². The van der Waals surface area contributed by atoms with E-state index in [1.165, 1.54) is 0 Å². The minimum Gasteiger partial charge on any atom is -0.496 e. The summed E-state index contributed by atoms with van der Waals surface area (Å²) in [6.45, 7) is 0. The van der Waals surface area contributed by atoms with Crippen LogP contribution in [-0.2, 0) is 0 Å². The molecule has 0 aliphatic heterocycles. The van der Waals surface area contributed by atoms with Crippen molar-refractivity contribution in [1.29, 1.82) is 0 Å². The summed E-state index contributed by atoms with van der Waals surface area (Å²) in [5.74, 6) is 2.07. The predicted molar refractivity (Wildman–Crippen MR) is 62.1 cm³/mol. The van der Waals surface area contributed by atoms with E-state index in [2.05, 4.69) is 0 Å². The van der Waals surface area contributed by atoms with Crippen molar-refractivity contribution in [3.05, 3.63) is 23.8 Å². The Kier molecular flexibility index (Phi) is 3.34. The molecule has 1 aromatic rings. The van der Waals surface area contributed by atoms with Crippen LogP contribution in [0.2, 0.25) is 0 Å². The van der Waals surface area contributed by atoms with Gasteiger partial charge in [-0.05, 0) is 37.3 Å². The van der Waals surface area contributed by atoms with Crippen molar-refractivity contribution in [2.24, 2.45) is 0 Å². The Hall–Kier alpha value is -1.22. The number of aliphatic hydroxyl groups is 1. The van der Waals surface area contributed by atoms with Gasteiger partial charge in [-0.1, -0.05) is 6.07 Å². The SMILES string of the molecule is COc1cccc(OC)c1C1CCC(O)C1. The quantitative estimate of drug-likeness (QED) is 0.853. The zero-order chi connectivity index (χ0) is 11.5. The largest absolute Gasteiger partial charge is 0.496 e. The van der Waals surface area contributed by atoms with Crippen molar-refractivity contribution in [3.63, 3.8) is 0 Å².